The SMILES string of the molecule is Cc1c(NC(=O)COC(=O)CCC(=O)NCc2ccccc2)ccc(Br)c1Cl. The molecule has 2 amide bonds. The number of rotatable bonds is 8. The van der Waals surface area contributed by atoms with Gasteiger partial charge in [-0.25, -0.2) is 0 Å². The van der Waals surface area contributed by atoms with Crippen LogP contribution in [0.25, 0.3) is 0 Å². The van der Waals surface area contributed by atoms with E-state index in [0.29, 0.717) is 22.8 Å². The number of ether oxygens (including phenoxy) is 1. The molecule has 6 nitrogen and oxygen atoms in total. The van der Waals surface area contributed by atoms with Gasteiger partial charge in [0.2, 0.25) is 5.91 Å². The Labute approximate surface area is 176 Å². The third kappa shape index (κ3) is 6.98. The second kappa shape index (κ2) is 10.8. The lowest BCUT2D eigenvalue weighted by Gasteiger charge is -2.11. The molecule has 0 saturated carbocycles. The van der Waals surface area contributed by atoms with Crippen molar-refractivity contribution in [3.8, 4) is 0 Å². The van der Waals surface area contributed by atoms with Crippen LogP contribution in [-0.2, 0) is 25.7 Å². The van der Waals surface area contributed by atoms with Gasteiger partial charge in [-0.1, -0.05) is 41.9 Å². The summed E-state index contributed by atoms with van der Waals surface area (Å²) in [6, 6.07) is 12.9. The van der Waals surface area contributed by atoms with Gasteiger partial charge in [0.25, 0.3) is 5.91 Å². The highest BCUT2D eigenvalue weighted by Gasteiger charge is 2.13. The van der Waals surface area contributed by atoms with Crippen LogP contribution in [0.2, 0.25) is 5.02 Å². The van der Waals surface area contributed by atoms with E-state index in [2.05, 4.69) is 26.6 Å². The van der Waals surface area contributed by atoms with Gasteiger partial charge in [-0.2, -0.15) is 0 Å². The Morgan fingerprint density at radius 3 is 2.46 bits per heavy atom. The molecule has 0 spiro atoms. The Morgan fingerprint density at radius 2 is 1.75 bits per heavy atom. The highest BCUT2D eigenvalue weighted by molar-refractivity contribution is 9.10. The van der Waals surface area contributed by atoms with E-state index in [-0.39, 0.29) is 18.7 Å². The highest BCUT2D eigenvalue weighted by Crippen LogP contribution is 2.30. The van der Waals surface area contributed by atoms with Gasteiger partial charge in [0.15, 0.2) is 6.61 Å². The summed E-state index contributed by atoms with van der Waals surface area (Å²) in [5.74, 6) is -1.36. The lowest BCUT2D eigenvalue weighted by Crippen LogP contribution is -2.25. The molecule has 0 saturated heterocycles. The molecule has 0 atom stereocenters. The van der Waals surface area contributed by atoms with Crippen LogP contribution < -0.4 is 10.6 Å². The number of hydrogen-bond donors (Lipinski definition) is 2. The standard InChI is InChI=1S/C20H20BrClN2O4/c1-13-16(8-7-15(21)20(13)22)24-18(26)12-28-19(27)10-9-17(25)23-11-14-5-3-2-4-6-14/h2-8H,9-12H2,1H3,(H,23,25)(H,24,26). The number of halogens is 2. The second-order valence-corrected chi connectivity index (χ2v) is 7.24. The molecule has 8 heteroatoms. The molecule has 0 aliphatic heterocycles. The highest BCUT2D eigenvalue weighted by atomic mass is 79.9. The number of benzene rings is 2. The van der Waals surface area contributed by atoms with Crippen molar-refractivity contribution in [3.05, 3.63) is 63.1 Å². The van der Waals surface area contributed by atoms with Crippen LogP contribution in [0.1, 0.15) is 24.0 Å². The van der Waals surface area contributed by atoms with Crippen molar-refractivity contribution < 1.29 is 19.1 Å². The zero-order valence-electron chi connectivity index (χ0n) is 15.3. The quantitative estimate of drug-likeness (QED) is 0.575. The third-order valence-electron chi connectivity index (χ3n) is 3.87. The van der Waals surface area contributed by atoms with Gasteiger partial charge in [0.05, 0.1) is 11.4 Å². The Bertz CT molecular complexity index is 859. The van der Waals surface area contributed by atoms with Gasteiger partial charge in [0, 0.05) is 23.1 Å². The van der Waals surface area contributed by atoms with Gasteiger partial charge in [-0.15, -0.1) is 0 Å². The Hall–Kier alpha value is -2.38. The van der Waals surface area contributed by atoms with Gasteiger partial charge in [-0.05, 0) is 46.1 Å². The number of anilines is 1. The fraction of sp³-hybridized carbons (Fsp3) is 0.250. The first-order valence-electron chi connectivity index (χ1n) is 8.57. The average molecular weight is 468 g/mol. The predicted octanol–water partition coefficient (Wildman–Crippen LogP) is 3.99. The summed E-state index contributed by atoms with van der Waals surface area (Å²) >= 11 is 9.41. The molecule has 0 fully saturated rings. The van der Waals surface area contributed by atoms with Crippen molar-refractivity contribution in [2.45, 2.75) is 26.3 Å². The minimum Gasteiger partial charge on any atom is -0.456 e. The van der Waals surface area contributed by atoms with E-state index in [4.69, 9.17) is 16.3 Å². The summed E-state index contributed by atoms with van der Waals surface area (Å²) in [5, 5.41) is 5.86. The summed E-state index contributed by atoms with van der Waals surface area (Å²) in [5.41, 5.74) is 2.21. The van der Waals surface area contributed by atoms with Crippen molar-refractivity contribution >= 4 is 51.0 Å². The van der Waals surface area contributed by atoms with Crippen LogP contribution in [0.15, 0.2) is 46.9 Å². The summed E-state index contributed by atoms with van der Waals surface area (Å²) in [6.07, 6.45) is -0.105. The molecule has 0 unspecified atom stereocenters. The fourth-order valence-corrected chi connectivity index (χ4v) is 2.89. The maximum atomic E-state index is 11.9. The molecule has 2 rings (SSSR count). The first kappa shape index (κ1) is 21.9. The molecule has 0 bridgehead atoms. The monoisotopic (exact) mass is 466 g/mol. The second-order valence-electron chi connectivity index (χ2n) is 6.01. The number of carbonyl (C=O) groups is 3. The van der Waals surface area contributed by atoms with Crippen molar-refractivity contribution in [1.82, 2.24) is 5.32 Å². The van der Waals surface area contributed by atoms with Crippen LogP contribution >= 0.6 is 27.5 Å². The van der Waals surface area contributed by atoms with Crippen LogP contribution in [0.3, 0.4) is 0 Å². The molecule has 2 aromatic carbocycles. The molecule has 0 aliphatic rings. The Kier molecular flexibility index (Phi) is 8.47. The molecule has 0 radical (unpaired) electrons. The fourth-order valence-electron chi connectivity index (χ4n) is 2.29. The molecule has 148 valence electrons. The molecular weight excluding hydrogens is 448 g/mol. The van der Waals surface area contributed by atoms with E-state index in [1.54, 1.807) is 19.1 Å². The normalized spacial score (nSPS) is 10.2. The van der Waals surface area contributed by atoms with E-state index in [1.807, 2.05) is 30.3 Å². The number of carbonyl (C=O) groups excluding carboxylic acids is 3. The number of amides is 2. The van der Waals surface area contributed by atoms with E-state index < -0.39 is 18.5 Å². The van der Waals surface area contributed by atoms with Crippen molar-refractivity contribution in [2.75, 3.05) is 11.9 Å². The lowest BCUT2D eigenvalue weighted by atomic mass is 10.2. The molecule has 28 heavy (non-hydrogen) atoms. The average Bonchev–Trinajstić information content (AvgIpc) is 2.70. The maximum Gasteiger partial charge on any atom is 0.306 e. The Morgan fingerprint density at radius 1 is 1.04 bits per heavy atom. The topological polar surface area (TPSA) is 84.5 Å². The van der Waals surface area contributed by atoms with Crippen LogP contribution in [0, 0.1) is 6.92 Å². The van der Waals surface area contributed by atoms with Gasteiger partial charge in [-0.3, -0.25) is 14.4 Å². The minimum atomic E-state index is -0.615. The molecule has 0 aromatic heterocycles. The zero-order chi connectivity index (χ0) is 20.5. The summed E-state index contributed by atoms with van der Waals surface area (Å²) in [4.78, 5) is 35.5. The van der Waals surface area contributed by atoms with Gasteiger partial charge in [0.1, 0.15) is 0 Å². The minimum absolute atomic E-state index is 0.00524. The smallest absolute Gasteiger partial charge is 0.306 e. The van der Waals surface area contributed by atoms with E-state index in [0.717, 1.165) is 10.0 Å². The van der Waals surface area contributed by atoms with E-state index >= 15 is 0 Å². The first-order valence-corrected chi connectivity index (χ1v) is 9.74. The predicted molar refractivity (Wildman–Crippen MR) is 111 cm³/mol. The van der Waals surface area contributed by atoms with Crippen LogP contribution in [0.5, 0.6) is 0 Å². The summed E-state index contributed by atoms with van der Waals surface area (Å²) in [7, 11) is 0. The number of esters is 1. The molecule has 0 aliphatic carbocycles. The number of nitrogens with one attached hydrogen (secondary N) is 2. The van der Waals surface area contributed by atoms with Crippen molar-refractivity contribution in [2.24, 2.45) is 0 Å². The Balaban J connectivity index is 1.68. The molecular formula is C20H20BrClN2O4. The van der Waals surface area contributed by atoms with Crippen molar-refractivity contribution in [3.63, 3.8) is 0 Å². The van der Waals surface area contributed by atoms with Gasteiger partial charge >= 0.3 is 5.97 Å². The van der Waals surface area contributed by atoms with E-state index in [9.17, 15) is 14.4 Å². The maximum absolute atomic E-state index is 11.9. The van der Waals surface area contributed by atoms with Crippen LogP contribution in [-0.4, -0.2) is 24.4 Å². The van der Waals surface area contributed by atoms with Gasteiger partial charge < -0.3 is 15.4 Å². The number of hydrogen-bond acceptors (Lipinski definition) is 4. The summed E-state index contributed by atoms with van der Waals surface area (Å²) in [6.45, 7) is 1.73. The molecule has 2 aromatic rings. The largest absolute Gasteiger partial charge is 0.456 e. The lowest BCUT2D eigenvalue weighted by molar-refractivity contribution is -0.148. The zero-order valence-corrected chi connectivity index (χ0v) is 17.6. The molecule has 0 heterocycles. The first-order chi connectivity index (χ1) is 13.4. The molecule has 2 N–H and O–H groups in total. The van der Waals surface area contributed by atoms with Crippen LogP contribution in [0.4, 0.5) is 5.69 Å². The summed E-state index contributed by atoms with van der Waals surface area (Å²) < 4.78 is 5.63. The van der Waals surface area contributed by atoms with E-state index in [1.165, 1.54) is 0 Å². The van der Waals surface area contributed by atoms with Crippen molar-refractivity contribution in [1.29, 1.82) is 0 Å². The third-order valence-corrected chi connectivity index (χ3v) is 5.24.